The highest BCUT2D eigenvalue weighted by atomic mass is 79.9. The molecule has 0 N–H and O–H groups in total. The number of aromatic nitrogens is 3. The first-order chi connectivity index (χ1) is 6.81. The Bertz CT molecular complexity index is 498. The van der Waals surface area contributed by atoms with Crippen LogP contribution in [0.5, 0.6) is 0 Å². The van der Waals surface area contributed by atoms with Crippen molar-refractivity contribution in [2.45, 2.75) is 0 Å². The Morgan fingerprint density at radius 2 is 2.29 bits per heavy atom. The van der Waals surface area contributed by atoms with Gasteiger partial charge in [0.1, 0.15) is 6.33 Å². The number of nitrogens with zero attached hydrogens (tertiary/aromatic N) is 4. The van der Waals surface area contributed by atoms with Crippen LogP contribution in [0.2, 0.25) is 0 Å². The quantitative estimate of drug-likeness (QED) is 0.775. The molecule has 2 aromatic rings. The summed E-state index contributed by atoms with van der Waals surface area (Å²) >= 11 is 3.26. The van der Waals surface area contributed by atoms with Crippen molar-refractivity contribution >= 4 is 15.9 Å². The van der Waals surface area contributed by atoms with Gasteiger partial charge in [-0.3, -0.25) is 4.57 Å². The predicted molar refractivity (Wildman–Crippen MR) is 53.8 cm³/mol. The molecule has 0 amide bonds. The lowest BCUT2D eigenvalue weighted by molar-refractivity contribution is 1.01. The molecule has 4 nitrogen and oxygen atoms in total. The van der Waals surface area contributed by atoms with Crippen LogP contribution in [0.15, 0.2) is 35.3 Å². The largest absolute Gasteiger partial charge is 0.276 e. The highest BCUT2D eigenvalue weighted by molar-refractivity contribution is 9.10. The van der Waals surface area contributed by atoms with Gasteiger partial charge in [-0.25, -0.2) is 0 Å². The highest BCUT2D eigenvalue weighted by Crippen LogP contribution is 2.14. The molecular formula is C9H5BrN4. The van der Waals surface area contributed by atoms with Gasteiger partial charge >= 0.3 is 0 Å². The van der Waals surface area contributed by atoms with Crippen LogP contribution in [-0.2, 0) is 0 Å². The Balaban J connectivity index is 2.53. The van der Waals surface area contributed by atoms with E-state index in [0.717, 1.165) is 5.69 Å². The second-order valence-electron chi connectivity index (χ2n) is 2.63. The maximum atomic E-state index is 8.73. The first-order valence-electron chi connectivity index (χ1n) is 3.87. The van der Waals surface area contributed by atoms with Crippen LogP contribution in [0.3, 0.4) is 0 Å². The topological polar surface area (TPSA) is 54.5 Å². The third kappa shape index (κ3) is 1.52. The minimum Gasteiger partial charge on any atom is -0.276 e. The summed E-state index contributed by atoms with van der Waals surface area (Å²) in [6.45, 7) is 0. The lowest BCUT2D eigenvalue weighted by atomic mass is 10.2. The van der Waals surface area contributed by atoms with Gasteiger partial charge in [-0.05, 0) is 34.1 Å². The van der Waals surface area contributed by atoms with E-state index < -0.39 is 0 Å². The van der Waals surface area contributed by atoms with Crippen molar-refractivity contribution < 1.29 is 0 Å². The van der Waals surface area contributed by atoms with Gasteiger partial charge in [0.05, 0.1) is 17.3 Å². The normalized spacial score (nSPS) is 9.71. The van der Waals surface area contributed by atoms with Crippen molar-refractivity contribution in [2.24, 2.45) is 0 Å². The molecule has 0 aliphatic heterocycles. The van der Waals surface area contributed by atoms with Crippen LogP contribution in [-0.4, -0.2) is 14.8 Å². The van der Waals surface area contributed by atoms with Gasteiger partial charge in [0.15, 0.2) is 0 Å². The van der Waals surface area contributed by atoms with Gasteiger partial charge in [0.25, 0.3) is 0 Å². The smallest absolute Gasteiger partial charge is 0.204 e. The molecule has 0 saturated heterocycles. The Kier molecular flexibility index (Phi) is 2.29. The van der Waals surface area contributed by atoms with Crippen molar-refractivity contribution in [2.75, 3.05) is 0 Å². The fourth-order valence-corrected chi connectivity index (χ4v) is 1.51. The molecule has 1 heterocycles. The van der Waals surface area contributed by atoms with Crippen LogP contribution >= 0.6 is 15.9 Å². The zero-order valence-corrected chi connectivity index (χ0v) is 8.64. The van der Waals surface area contributed by atoms with Gasteiger partial charge in [-0.2, -0.15) is 5.26 Å². The number of benzene rings is 1. The first kappa shape index (κ1) is 8.91. The van der Waals surface area contributed by atoms with Crippen molar-refractivity contribution in [3.63, 3.8) is 0 Å². The molecule has 68 valence electrons. The second kappa shape index (κ2) is 3.60. The van der Waals surface area contributed by atoms with Crippen LogP contribution in [0.4, 0.5) is 0 Å². The summed E-state index contributed by atoms with van der Waals surface area (Å²) < 4.78 is 2.37. The van der Waals surface area contributed by atoms with E-state index in [1.807, 2.05) is 12.1 Å². The Morgan fingerprint density at radius 3 is 2.93 bits per heavy atom. The molecule has 0 unspecified atom stereocenters. The minimum absolute atomic E-state index is 0.614. The van der Waals surface area contributed by atoms with E-state index in [9.17, 15) is 0 Å². The zero-order valence-electron chi connectivity index (χ0n) is 7.05. The monoisotopic (exact) mass is 248 g/mol. The maximum absolute atomic E-state index is 8.73. The molecule has 0 atom stereocenters. The fraction of sp³-hybridized carbons (Fsp3) is 0. The lowest BCUT2D eigenvalue weighted by Gasteiger charge is -2.01. The van der Waals surface area contributed by atoms with E-state index in [-0.39, 0.29) is 0 Å². The molecule has 0 spiro atoms. The Hall–Kier alpha value is -1.67. The average Bonchev–Trinajstić information content (AvgIpc) is 2.65. The standard InChI is InChI=1S/C9H5BrN4/c10-9-13-12-6-14(9)8-3-1-2-7(4-8)5-11/h1-4,6H. The summed E-state index contributed by atoms with van der Waals surface area (Å²) in [5, 5.41) is 16.3. The average molecular weight is 249 g/mol. The summed E-state index contributed by atoms with van der Waals surface area (Å²) in [6.07, 6.45) is 1.58. The molecular weight excluding hydrogens is 244 g/mol. The molecule has 5 heteroatoms. The molecule has 0 aliphatic carbocycles. The van der Waals surface area contributed by atoms with Crippen LogP contribution in [0.25, 0.3) is 5.69 Å². The number of nitriles is 1. The van der Waals surface area contributed by atoms with Gasteiger partial charge < -0.3 is 0 Å². The van der Waals surface area contributed by atoms with E-state index in [1.165, 1.54) is 0 Å². The summed E-state index contributed by atoms with van der Waals surface area (Å²) in [5.74, 6) is 0. The molecule has 14 heavy (non-hydrogen) atoms. The zero-order chi connectivity index (χ0) is 9.97. The Labute approximate surface area is 88.9 Å². The summed E-state index contributed by atoms with van der Waals surface area (Å²) in [4.78, 5) is 0. The lowest BCUT2D eigenvalue weighted by Crippen LogP contribution is -1.92. The Morgan fingerprint density at radius 1 is 1.43 bits per heavy atom. The van der Waals surface area contributed by atoms with E-state index in [0.29, 0.717) is 10.3 Å². The summed E-state index contributed by atoms with van der Waals surface area (Å²) in [5.41, 5.74) is 1.48. The van der Waals surface area contributed by atoms with E-state index >= 15 is 0 Å². The van der Waals surface area contributed by atoms with Crippen molar-refractivity contribution in [3.8, 4) is 11.8 Å². The minimum atomic E-state index is 0.614. The van der Waals surface area contributed by atoms with Crippen LogP contribution < -0.4 is 0 Å². The van der Waals surface area contributed by atoms with Gasteiger partial charge in [0.2, 0.25) is 4.73 Å². The molecule has 0 fully saturated rings. The first-order valence-corrected chi connectivity index (χ1v) is 4.66. The fourth-order valence-electron chi connectivity index (χ4n) is 1.12. The van der Waals surface area contributed by atoms with E-state index in [4.69, 9.17) is 5.26 Å². The van der Waals surface area contributed by atoms with Crippen LogP contribution in [0.1, 0.15) is 5.56 Å². The number of halogens is 1. The summed E-state index contributed by atoms with van der Waals surface area (Å²) in [6, 6.07) is 9.31. The molecule has 1 aromatic carbocycles. The number of rotatable bonds is 1. The number of hydrogen-bond acceptors (Lipinski definition) is 3. The molecule has 0 radical (unpaired) electrons. The van der Waals surface area contributed by atoms with Gasteiger partial charge in [0, 0.05) is 0 Å². The van der Waals surface area contributed by atoms with Crippen molar-refractivity contribution in [1.82, 2.24) is 14.8 Å². The molecule has 1 aromatic heterocycles. The van der Waals surface area contributed by atoms with E-state index in [1.54, 1.807) is 23.0 Å². The molecule has 2 rings (SSSR count). The third-order valence-electron chi connectivity index (χ3n) is 1.76. The molecule has 0 aliphatic rings. The van der Waals surface area contributed by atoms with E-state index in [2.05, 4.69) is 32.2 Å². The highest BCUT2D eigenvalue weighted by Gasteiger charge is 2.02. The van der Waals surface area contributed by atoms with Crippen molar-refractivity contribution in [1.29, 1.82) is 5.26 Å². The predicted octanol–water partition coefficient (Wildman–Crippen LogP) is 1.90. The SMILES string of the molecule is N#Cc1cccc(-n2cnnc2Br)c1. The van der Waals surface area contributed by atoms with Crippen molar-refractivity contribution in [3.05, 3.63) is 40.9 Å². The molecule has 0 saturated carbocycles. The third-order valence-corrected chi connectivity index (χ3v) is 2.30. The van der Waals surface area contributed by atoms with Crippen LogP contribution in [0, 0.1) is 11.3 Å². The molecule has 0 bridgehead atoms. The van der Waals surface area contributed by atoms with Gasteiger partial charge in [-0.1, -0.05) is 6.07 Å². The maximum Gasteiger partial charge on any atom is 0.204 e. The summed E-state index contributed by atoms with van der Waals surface area (Å²) in [7, 11) is 0. The number of hydrogen-bond donors (Lipinski definition) is 0. The van der Waals surface area contributed by atoms with Gasteiger partial charge in [-0.15, -0.1) is 10.2 Å². The second-order valence-corrected chi connectivity index (χ2v) is 3.34.